The normalized spacial score (nSPS) is 22.0. The highest BCUT2D eigenvalue weighted by atomic mass is 79.9. The molecular formula is C37H63BrN10O10S2Si2. The summed E-state index contributed by atoms with van der Waals surface area (Å²) in [7, 11) is -7.65. The van der Waals surface area contributed by atoms with Crippen LogP contribution < -0.4 is 10.6 Å². The molecule has 0 radical (unpaired) electrons. The molecule has 0 bridgehead atoms. The number of sulfone groups is 2. The molecule has 4 N–H and O–H groups in total. The Kier molecular flexibility index (Phi) is 17.2. The number of aliphatic hydroxyl groups is 2. The fourth-order valence-corrected chi connectivity index (χ4v) is 11.2. The van der Waals surface area contributed by atoms with Crippen molar-refractivity contribution < 1.29 is 46.1 Å². The first-order valence-corrected chi connectivity index (χ1v) is 32.1. The number of carbonyl (C=O) groups is 1. The lowest BCUT2D eigenvalue weighted by atomic mass is 10.2. The van der Waals surface area contributed by atoms with Gasteiger partial charge in [-0.2, -0.15) is 10.2 Å². The van der Waals surface area contributed by atoms with Gasteiger partial charge in [0.05, 0.1) is 52.7 Å². The van der Waals surface area contributed by atoms with Crippen molar-refractivity contribution in [1.29, 1.82) is 0 Å². The second kappa shape index (κ2) is 20.8. The first-order chi connectivity index (χ1) is 28.4. The van der Waals surface area contributed by atoms with Crippen molar-refractivity contribution in [3.05, 3.63) is 23.0 Å². The van der Waals surface area contributed by atoms with Gasteiger partial charge in [-0.05, 0) is 53.7 Å². The highest BCUT2D eigenvalue weighted by Gasteiger charge is 2.40. The van der Waals surface area contributed by atoms with Gasteiger partial charge in [-0.15, -0.1) is 0 Å². The minimum atomic E-state index is -3.29. The van der Waals surface area contributed by atoms with Crippen LogP contribution in [-0.4, -0.2) is 156 Å². The van der Waals surface area contributed by atoms with Crippen LogP contribution >= 0.6 is 15.9 Å². The van der Waals surface area contributed by atoms with Gasteiger partial charge in [0, 0.05) is 41.9 Å². The monoisotopic (exact) mass is 1010 g/mol. The molecule has 25 heteroatoms. The van der Waals surface area contributed by atoms with Crippen molar-refractivity contribution in [2.75, 3.05) is 43.5 Å². The molecule has 2 fully saturated rings. The number of ether oxygens (including phenoxy) is 3. The van der Waals surface area contributed by atoms with Crippen molar-refractivity contribution in [3.63, 3.8) is 0 Å². The summed E-state index contributed by atoms with van der Waals surface area (Å²) in [5.41, 5.74) is 1.00. The average Bonchev–Trinajstić information content (AvgIpc) is 3.92. The van der Waals surface area contributed by atoms with E-state index in [9.17, 15) is 31.8 Å². The molecule has 0 spiro atoms. The van der Waals surface area contributed by atoms with E-state index in [-0.39, 0.29) is 51.7 Å². The van der Waals surface area contributed by atoms with Crippen molar-refractivity contribution in [1.82, 2.24) is 39.5 Å². The number of hydrogen-bond donors (Lipinski definition) is 4. The number of aliphatic hydroxyl groups excluding tert-OH is 2. The number of esters is 1. The number of fused-ring (bicyclic) bond motifs is 2. The third kappa shape index (κ3) is 13.4. The topological polar surface area (TPSA) is 265 Å². The van der Waals surface area contributed by atoms with E-state index < -0.39 is 76.6 Å². The lowest BCUT2D eigenvalue weighted by Crippen LogP contribution is -2.28. The molecule has 6 rings (SSSR count). The number of hydrogen-bond acceptors (Lipinski definition) is 18. The van der Waals surface area contributed by atoms with Gasteiger partial charge in [-0.3, -0.25) is 0 Å². The zero-order valence-electron chi connectivity index (χ0n) is 36.1. The summed E-state index contributed by atoms with van der Waals surface area (Å²) in [6.07, 6.45) is 4.39. The Morgan fingerprint density at radius 1 is 0.742 bits per heavy atom. The predicted molar refractivity (Wildman–Crippen MR) is 247 cm³/mol. The molecule has 20 nitrogen and oxygen atoms in total. The fraction of sp³-hybridized carbons (Fsp3) is 0.703. The van der Waals surface area contributed by atoms with E-state index in [1.165, 1.54) is 30.7 Å². The lowest BCUT2D eigenvalue weighted by molar-refractivity contribution is 0.0585. The summed E-state index contributed by atoms with van der Waals surface area (Å²) >= 11 is 3.46. The van der Waals surface area contributed by atoms with Gasteiger partial charge in [-0.1, -0.05) is 46.7 Å². The molecule has 62 heavy (non-hydrogen) atoms. The maximum Gasteiger partial charge on any atom is 0.359 e. The summed E-state index contributed by atoms with van der Waals surface area (Å²) in [6.45, 7) is 15.3. The third-order valence-electron chi connectivity index (χ3n) is 10.6. The van der Waals surface area contributed by atoms with Crippen LogP contribution in [0.3, 0.4) is 0 Å². The highest BCUT2D eigenvalue weighted by Crippen LogP contribution is 2.33. The van der Waals surface area contributed by atoms with Crippen LogP contribution in [0.4, 0.5) is 11.6 Å². The summed E-state index contributed by atoms with van der Waals surface area (Å²) in [6, 6.07) is 1.10. The van der Waals surface area contributed by atoms with Gasteiger partial charge in [0.1, 0.15) is 62.0 Å². The lowest BCUT2D eigenvalue weighted by Gasteiger charge is -2.17. The number of nitrogens with one attached hydrogen (secondary N) is 2. The molecule has 4 aromatic rings. The molecule has 6 atom stereocenters. The molecule has 2 unspecified atom stereocenters. The van der Waals surface area contributed by atoms with Crippen LogP contribution in [0, 0.1) is 0 Å². The largest absolute Gasteiger partial charge is 0.464 e. The molecule has 4 heterocycles. The molecule has 2 aliphatic rings. The van der Waals surface area contributed by atoms with E-state index in [1.54, 1.807) is 4.68 Å². The Morgan fingerprint density at radius 2 is 1.16 bits per heavy atom. The van der Waals surface area contributed by atoms with E-state index in [4.69, 9.17) is 14.2 Å². The summed E-state index contributed by atoms with van der Waals surface area (Å²) in [4.78, 5) is 29.5. The number of methoxy groups -OCH3 is 1. The van der Waals surface area contributed by atoms with Gasteiger partial charge < -0.3 is 35.1 Å². The number of rotatable bonds is 17. The highest BCUT2D eigenvalue weighted by molar-refractivity contribution is 9.10. The fourth-order valence-electron chi connectivity index (χ4n) is 6.97. The molecule has 0 aromatic carbocycles. The standard InChI is InChI=1S/C19H31N5O6SSi.C17H28BrN5O4SSi.CH4/c1-29-19(26)16-15-17(22-13-8-12(9-14(13)25)31(2,27)28)20-10-21-18(15)24(23-16)11-30-6-7-32(3,4)5;1-28(25,26)11-7-12(13(24)8-11)21-16-14-15(18)22-23(17(14)20-9-19-16)10-27-5-6-29(2,3)4;/h10,12-14,25H,6-9,11H2,1-5H3,(H,20,21,22);9,11-13,24H,5-8,10H2,1-4H3,(H,19,20,21);1H4/t12-,13?,14-;11-,12?,13-;/m11./s1. The number of carbonyl (C=O) groups excluding carboxylic acids is 1. The average molecular weight is 1010 g/mol. The number of nitrogens with zero attached hydrogens (tertiary/aromatic N) is 8. The van der Waals surface area contributed by atoms with E-state index in [1.807, 2.05) is 0 Å². The Balaban J connectivity index is 0.000000269. The maximum atomic E-state index is 12.4. The minimum Gasteiger partial charge on any atom is -0.464 e. The summed E-state index contributed by atoms with van der Waals surface area (Å²) < 4.78 is 67.6. The molecule has 0 saturated heterocycles. The second-order valence-corrected chi connectivity index (χ2v) is 34.8. The van der Waals surface area contributed by atoms with Gasteiger partial charge in [0.25, 0.3) is 0 Å². The summed E-state index contributed by atoms with van der Waals surface area (Å²) in [5, 5.41) is 35.6. The first-order valence-electron chi connectivity index (χ1n) is 20.0. The molecule has 348 valence electrons. The van der Waals surface area contributed by atoms with Gasteiger partial charge in [-0.25, -0.2) is 50.9 Å². The van der Waals surface area contributed by atoms with Crippen LogP contribution in [0.15, 0.2) is 17.3 Å². The predicted octanol–water partition coefficient (Wildman–Crippen LogP) is 4.16. The van der Waals surface area contributed by atoms with Crippen molar-refractivity contribution >= 4 is 91.4 Å². The van der Waals surface area contributed by atoms with Crippen LogP contribution in [0.25, 0.3) is 22.1 Å². The zero-order valence-corrected chi connectivity index (χ0v) is 41.3. The number of aromatic nitrogens is 8. The van der Waals surface area contributed by atoms with Gasteiger partial charge >= 0.3 is 5.97 Å². The second-order valence-electron chi connectivity index (χ2n) is 18.2. The van der Waals surface area contributed by atoms with E-state index >= 15 is 0 Å². The SMILES string of the molecule is C.COC(=O)c1nn(COCC[Si](C)(C)C)c2ncnc(NC3C[C@@H](S(C)(=O)=O)C[C@H]3O)c12.C[Si](C)(C)CCOCn1nc(Br)c2c(NC3C[C@@H](S(C)(=O)=O)C[C@H]3O)ncnc21. The van der Waals surface area contributed by atoms with E-state index in [2.05, 4.69) is 96.0 Å². The van der Waals surface area contributed by atoms with Crippen LogP contribution in [-0.2, 0) is 47.3 Å². The first kappa shape index (κ1) is 51.5. The minimum absolute atomic E-state index is 0. The Morgan fingerprint density at radius 3 is 1.56 bits per heavy atom. The van der Waals surface area contributed by atoms with Crippen molar-refractivity contribution in [3.8, 4) is 0 Å². The van der Waals surface area contributed by atoms with Crippen molar-refractivity contribution in [2.24, 2.45) is 0 Å². The quantitative estimate of drug-likeness (QED) is 0.0657. The van der Waals surface area contributed by atoms with Crippen LogP contribution in [0.2, 0.25) is 51.4 Å². The van der Waals surface area contributed by atoms with E-state index in [0.29, 0.717) is 52.1 Å². The molecular weight excluding hydrogens is 945 g/mol. The van der Waals surface area contributed by atoms with Crippen LogP contribution in [0.1, 0.15) is 43.6 Å². The molecule has 2 saturated carbocycles. The van der Waals surface area contributed by atoms with E-state index in [0.717, 1.165) is 18.3 Å². The van der Waals surface area contributed by atoms with Gasteiger partial charge in [0.15, 0.2) is 17.0 Å². The Labute approximate surface area is 374 Å². The molecule has 0 aliphatic heterocycles. The Hall–Kier alpha value is -3.18. The van der Waals surface area contributed by atoms with Crippen LogP contribution in [0.5, 0.6) is 0 Å². The smallest absolute Gasteiger partial charge is 0.359 e. The molecule has 2 aliphatic carbocycles. The zero-order chi connectivity index (χ0) is 45.1. The maximum absolute atomic E-state index is 12.4. The molecule has 0 amide bonds. The van der Waals surface area contributed by atoms with Gasteiger partial charge in [0.2, 0.25) is 0 Å². The molecule has 4 aromatic heterocycles. The number of halogens is 1. The van der Waals surface area contributed by atoms with Crippen molar-refractivity contribution in [2.45, 2.75) is 133 Å². The summed E-state index contributed by atoms with van der Waals surface area (Å²) in [5.74, 6) is 0.130. The number of anilines is 2. The Bertz CT molecular complexity index is 2390. The third-order valence-corrected chi connectivity index (χ3v) is 17.8.